The molecule has 0 aromatic carbocycles. The minimum atomic E-state index is -0.00782. The molecule has 84 valence electrons. The van der Waals surface area contributed by atoms with Crippen LogP contribution in [-0.4, -0.2) is 40.7 Å². The maximum atomic E-state index is 11.9. The molecule has 1 amide bonds. The van der Waals surface area contributed by atoms with E-state index in [1.165, 1.54) is 0 Å². The average Bonchev–Trinajstić information content (AvgIpc) is 2.53. The van der Waals surface area contributed by atoms with Crippen LogP contribution in [0.3, 0.4) is 0 Å². The van der Waals surface area contributed by atoms with E-state index in [2.05, 4.69) is 5.10 Å². The van der Waals surface area contributed by atoms with Crippen molar-refractivity contribution in [2.45, 2.75) is 13.3 Å². The lowest BCUT2D eigenvalue weighted by atomic mass is 10.3. The quantitative estimate of drug-likeness (QED) is 0.769. The second-order valence-electron chi connectivity index (χ2n) is 3.66. The molecule has 1 aromatic heterocycles. The van der Waals surface area contributed by atoms with Gasteiger partial charge >= 0.3 is 0 Å². The number of nitrogens with zero attached hydrogens (tertiary/aromatic N) is 3. The number of aromatic nitrogens is 2. The molecule has 0 atom stereocenters. The maximum absolute atomic E-state index is 11.9. The number of hydrogen-bond donors (Lipinski definition) is 1. The first-order valence-corrected chi connectivity index (χ1v) is 5.02. The Kier molecular flexibility index (Phi) is 3.85. The Hall–Kier alpha value is -1.36. The van der Waals surface area contributed by atoms with E-state index in [0.717, 1.165) is 12.1 Å². The van der Waals surface area contributed by atoms with Gasteiger partial charge in [-0.2, -0.15) is 5.10 Å². The summed E-state index contributed by atoms with van der Waals surface area (Å²) in [5, 5.41) is 4.14. The van der Waals surface area contributed by atoms with Gasteiger partial charge in [-0.3, -0.25) is 9.48 Å². The number of nitrogens with two attached hydrogens (primary N) is 1. The van der Waals surface area contributed by atoms with Crippen molar-refractivity contribution in [1.29, 1.82) is 0 Å². The van der Waals surface area contributed by atoms with Crippen LogP contribution >= 0.6 is 0 Å². The van der Waals surface area contributed by atoms with Gasteiger partial charge in [0.15, 0.2) is 0 Å². The standard InChI is InChI=1S/C10H18N4O/c1-8-7-9(14(3)12-8)10(15)13(2)6-4-5-11/h7H,4-6,11H2,1-3H3. The zero-order valence-electron chi connectivity index (χ0n) is 9.53. The van der Waals surface area contributed by atoms with Crippen molar-refractivity contribution in [3.8, 4) is 0 Å². The molecular formula is C10H18N4O. The number of rotatable bonds is 4. The number of carbonyl (C=O) groups is 1. The third kappa shape index (κ3) is 2.79. The van der Waals surface area contributed by atoms with Crippen LogP contribution < -0.4 is 5.73 Å². The van der Waals surface area contributed by atoms with E-state index in [4.69, 9.17) is 5.73 Å². The molecule has 0 spiro atoms. The molecule has 0 saturated heterocycles. The average molecular weight is 210 g/mol. The van der Waals surface area contributed by atoms with Crippen LogP contribution in [0.15, 0.2) is 6.07 Å². The lowest BCUT2D eigenvalue weighted by Gasteiger charge is -2.16. The fourth-order valence-electron chi connectivity index (χ4n) is 1.44. The van der Waals surface area contributed by atoms with Crippen LogP contribution in [0.4, 0.5) is 0 Å². The molecule has 5 heteroatoms. The van der Waals surface area contributed by atoms with E-state index in [1.54, 1.807) is 29.7 Å². The summed E-state index contributed by atoms with van der Waals surface area (Å²) in [6.07, 6.45) is 0.819. The molecule has 0 aliphatic rings. The van der Waals surface area contributed by atoms with Crippen molar-refractivity contribution in [2.75, 3.05) is 20.1 Å². The largest absolute Gasteiger partial charge is 0.340 e. The Morgan fingerprint density at radius 2 is 2.33 bits per heavy atom. The van der Waals surface area contributed by atoms with Crippen molar-refractivity contribution < 1.29 is 4.79 Å². The van der Waals surface area contributed by atoms with E-state index in [0.29, 0.717) is 18.8 Å². The van der Waals surface area contributed by atoms with Gasteiger partial charge in [0.05, 0.1) is 5.69 Å². The summed E-state index contributed by atoms with van der Waals surface area (Å²) in [5.74, 6) is -0.00782. The third-order valence-corrected chi connectivity index (χ3v) is 2.27. The van der Waals surface area contributed by atoms with Gasteiger partial charge in [-0.25, -0.2) is 0 Å². The fourth-order valence-corrected chi connectivity index (χ4v) is 1.44. The summed E-state index contributed by atoms with van der Waals surface area (Å²) in [4.78, 5) is 13.6. The highest BCUT2D eigenvalue weighted by atomic mass is 16.2. The Balaban J connectivity index is 2.71. The number of carbonyl (C=O) groups excluding carboxylic acids is 1. The summed E-state index contributed by atoms with van der Waals surface area (Å²) in [7, 11) is 3.55. The van der Waals surface area contributed by atoms with Crippen molar-refractivity contribution in [3.63, 3.8) is 0 Å². The molecule has 0 unspecified atom stereocenters. The summed E-state index contributed by atoms with van der Waals surface area (Å²) >= 11 is 0. The number of hydrogen-bond acceptors (Lipinski definition) is 3. The van der Waals surface area contributed by atoms with E-state index in [1.807, 2.05) is 6.92 Å². The minimum absolute atomic E-state index is 0.00782. The SMILES string of the molecule is Cc1cc(C(=O)N(C)CCCN)n(C)n1. The molecule has 0 fully saturated rings. The highest BCUT2D eigenvalue weighted by Crippen LogP contribution is 2.05. The lowest BCUT2D eigenvalue weighted by molar-refractivity contribution is 0.0783. The number of amides is 1. The van der Waals surface area contributed by atoms with Gasteiger partial charge in [0.2, 0.25) is 0 Å². The van der Waals surface area contributed by atoms with Gasteiger partial charge in [0.25, 0.3) is 5.91 Å². The van der Waals surface area contributed by atoms with Crippen LogP contribution in [0, 0.1) is 6.92 Å². The van der Waals surface area contributed by atoms with Gasteiger partial charge < -0.3 is 10.6 Å². The molecule has 0 aliphatic carbocycles. The van der Waals surface area contributed by atoms with Gasteiger partial charge in [-0.15, -0.1) is 0 Å². The summed E-state index contributed by atoms with van der Waals surface area (Å²) in [6, 6.07) is 1.79. The monoisotopic (exact) mass is 210 g/mol. The molecule has 1 rings (SSSR count). The summed E-state index contributed by atoms with van der Waals surface area (Å²) in [6.45, 7) is 3.15. The first-order chi connectivity index (χ1) is 7.06. The minimum Gasteiger partial charge on any atom is -0.340 e. The molecule has 5 nitrogen and oxygen atoms in total. The smallest absolute Gasteiger partial charge is 0.271 e. The van der Waals surface area contributed by atoms with Gasteiger partial charge in [0.1, 0.15) is 5.69 Å². The molecule has 0 bridgehead atoms. The molecule has 1 heterocycles. The molecule has 0 saturated carbocycles. The normalized spacial score (nSPS) is 10.4. The van der Waals surface area contributed by atoms with Crippen LogP contribution in [-0.2, 0) is 7.05 Å². The Morgan fingerprint density at radius 3 is 2.80 bits per heavy atom. The topological polar surface area (TPSA) is 64.2 Å². The highest BCUT2D eigenvalue weighted by molar-refractivity contribution is 5.92. The maximum Gasteiger partial charge on any atom is 0.271 e. The Labute approximate surface area is 89.9 Å². The van der Waals surface area contributed by atoms with Crippen molar-refractivity contribution in [3.05, 3.63) is 17.5 Å². The molecule has 2 N–H and O–H groups in total. The fraction of sp³-hybridized carbons (Fsp3) is 0.600. The van der Waals surface area contributed by atoms with Crippen molar-refractivity contribution in [1.82, 2.24) is 14.7 Å². The predicted molar refractivity (Wildman–Crippen MR) is 58.6 cm³/mol. The summed E-state index contributed by atoms with van der Waals surface area (Å²) in [5.41, 5.74) is 6.87. The second kappa shape index (κ2) is 4.93. The van der Waals surface area contributed by atoms with Crippen molar-refractivity contribution in [2.24, 2.45) is 12.8 Å². The van der Waals surface area contributed by atoms with Crippen LogP contribution in [0.2, 0.25) is 0 Å². The predicted octanol–water partition coefficient (Wildman–Crippen LogP) is 0.149. The molecule has 0 radical (unpaired) electrons. The Bertz CT molecular complexity index is 345. The Morgan fingerprint density at radius 1 is 1.67 bits per heavy atom. The first kappa shape index (κ1) is 11.7. The summed E-state index contributed by atoms with van der Waals surface area (Å²) < 4.78 is 1.61. The number of aryl methyl sites for hydroxylation is 2. The van der Waals surface area contributed by atoms with E-state index in [-0.39, 0.29) is 5.91 Å². The molecule has 0 aliphatic heterocycles. The van der Waals surface area contributed by atoms with E-state index in [9.17, 15) is 4.79 Å². The first-order valence-electron chi connectivity index (χ1n) is 5.02. The van der Waals surface area contributed by atoms with Gasteiger partial charge in [-0.1, -0.05) is 0 Å². The van der Waals surface area contributed by atoms with E-state index >= 15 is 0 Å². The second-order valence-corrected chi connectivity index (χ2v) is 3.66. The van der Waals surface area contributed by atoms with Gasteiger partial charge in [0, 0.05) is 20.6 Å². The van der Waals surface area contributed by atoms with E-state index < -0.39 is 0 Å². The zero-order valence-corrected chi connectivity index (χ0v) is 9.53. The molecular weight excluding hydrogens is 192 g/mol. The van der Waals surface area contributed by atoms with Crippen LogP contribution in [0.25, 0.3) is 0 Å². The highest BCUT2D eigenvalue weighted by Gasteiger charge is 2.15. The lowest BCUT2D eigenvalue weighted by Crippen LogP contribution is -2.30. The zero-order chi connectivity index (χ0) is 11.4. The molecule has 15 heavy (non-hydrogen) atoms. The van der Waals surface area contributed by atoms with Crippen LogP contribution in [0.1, 0.15) is 22.6 Å². The van der Waals surface area contributed by atoms with Crippen molar-refractivity contribution >= 4 is 5.91 Å². The van der Waals surface area contributed by atoms with Gasteiger partial charge in [-0.05, 0) is 26.0 Å². The third-order valence-electron chi connectivity index (χ3n) is 2.27. The molecule has 1 aromatic rings. The van der Waals surface area contributed by atoms with Crippen LogP contribution in [0.5, 0.6) is 0 Å².